The topological polar surface area (TPSA) is 45.6 Å². The fraction of sp³-hybridized carbons (Fsp3) is 0.267. The third kappa shape index (κ3) is 4.33. The predicted octanol–water partition coefficient (Wildman–Crippen LogP) is 5.64. The summed E-state index contributed by atoms with van der Waals surface area (Å²) in [7, 11) is 0. The molecule has 2 atom stereocenters. The van der Waals surface area contributed by atoms with Crippen molar-refractivity contribution in [3.63, 3.8) is 0 Å². The normalized spacial score (nSPS) is 19.6. The molecule has 0 saturated carbocycles. The summed E-state index contributed by atoms with van der Waals surface area (Å²) in [6, 6.07) is 23.0. The van der Waals surface area contributed by atoms with Crippen molar-refractivity contribution in [2.75, 3.05) is 36.1 Å². The van der Waals surface area contributed by atoms with Gasteiger partial charge in [-0.25, -0.2) is 4.39 Å². The molecule has 2 saturated heterocycles. The molecule has 8 heteroatoms. The van der Waals surface area contributed by atoms with Crippen LogP contribution in [-0.4, -0.2) is 41.0 Å². The molecule has 2 fully saturated rings. The molecule has 0 amide bonds. The molecule has 194 valence electrons. The molecule has 2 aromatic heterocycles. The van der Waals surface area contributed by atoms with E-state index in [2.05, 4.69) is 63.9 Å². The monoisotopic (exact) mass is 527 g/mol. The van der Waals surface area contributed by atoms with Gasteiger partial charge in [0.15, 0.2) is 5.11 Å². The van der Waals surface area contributed by atoms with Crippen molar-refractivity contribution in [2.45, 2.75) is 25.9 Å². The van der Waals surface area contributed by atoms with Gasteiger partial charge in [-0.05, 0) is 86.2 Å². The summed E-state index contributed by atoms with van der Waals surface area (Å²) >= 11 is 5.79. The number of pyridine rings is 1. The minimum Gasteiger partial charge on any atom is -0.378 e. The van der Waals surface area contributed by atoms with E-state index in [1.165, 1.54) is 11.8 Å². The highest BCUT2D eigenvalue weighted by molar-refractivity contribution is 7.80. The van der Waals surface area contributed by atoms with Gasteiger partial charge in [0.25, 0.3) is 0 Å². The number of halogens is 1. The highest BCUT2D eigenvalue weighted by Gasteiger charge is 2.43. The zero-order valence-corrected chi connectivity index (χ0v) is 22.3. The van der Waals surface area contributed by atoms with Crippen LogP contribution >= 0.6 is 12.2 Å². The van der Waals surface area contributed by atoms with Crippen molar-refractivity contribution >= 4 is 28.7 Å². The highest BCUT2D eigenvalue weighted by Crippen LogP contribution is 2.44. The lowest BCUT2D eigenvalue weighted by Gasteiger charge is -2.29. The van der Waals surface area contributed by atoms with E-state index in [-0.39, 0.29) is 17.9 Å². The van der Waals surface area contributed by atoms with Gasteiger partial charge in [-0.15, -0.1) is 0 Å². The second-order valence-corrected chi connectivity index (χ2v) is 10.1. The van der Waals surface area contributed by atoms with Crippen LogP contribution in [0.1, 0.15) is 34.7 Å². The molecule has 4 aromatic rings. The summed E-state index contributed by atoms with van der Waals surface area (Å²) < 4.78 is 22.9. The summed E-state index contributed by atoms with van der Waals surface area (Å²) in [4.78, 5) is 8.88. The van der Waals surface area contributed by atoms with Crippen molar-refractivity contribution in [2.24, 2.45) is 0 Å². The summed E-state index contributed by atoms with van der Waals surface area (Å²) in [6.45, 7) is 7.55. The number of para-hydroxylation sites is 1. The van der Waals surface area contributed by atoms with E-state index in [1.54, 1.807) is 18.3 Å². The van der Waals surface area contributed by atoms with E-state index in [0.29, 0.717) is 10.8 Å². The van der Waals surface area contributed by atoms with Crippen LogP contribution in [0, 0.1) is 19.7 Å². The average Bonchev–Trinajstić information content (AvgIpc) is 3.44. The number of benzene rings is 2. The molecule has 4 heterocycles. The third-order valence-corrected chi connectivity index (χ3v) is 7.80. The fourth-order valence-electron chi connectivity index (χ4n) is 5.70. The van der Waals surface area contributed by atoms with Gasteiger partial charge in [0.1, 0.15) is 5.82 Å². The molecule has 2 aliphatic rings. The SMILES string of the molecule is Cc1cc([C@@H]2[C@H](c3ccccn3)NC(=S)N2c2ccccc2F)c(C)n1-c1ccc(N2CCOCC2)cc1. The van der Waals surface area contributed by atoms with Gasteiger partial charge in [-0.3, -0.25) is 4.98 Å². The van der Waals surface area contributed by atoms with E-state index in [9.17, 15) is 0 Å². The molecular formula is C30H30FN5OS. The molecule has 0 bridgehead atoms. The molecular weight excluding hydrogens is 497 g/mol. The molecule has 1 N–H and O–H groups in total. The zero-order chi connectivity index (χ0) is 26.2. The molecule has 2 aliphatic heterocycles. The Morgan fingerprint density at radius 2 is 1.66 bits per heavy atom. The Bertz CT molecular complexity index is 1450. The van der Waals surface area contributed by atoms with Crippen LogP contribution in [0.3, 0.4) is 0 Å². The van der Waals surface area contributed by atoms with Crippen LogP contribution in [0.25, 0.3) is 5.69 Å². The first-order chi connectivity index (χ1) is 18.5. The van der Waals surface area contributed by atoms with Gasteiger partial charge in [0, 0.05) is 42.0 Å². The number of thiocarbonyl (C=S) groups is 1. The van der Waals surface area contributed by atoms with E-state index < -0.39 is 0 Å². The van der Waals surface area contributed by atoms with Gasteiger partial charge < -0.3 is 24.4 Å². The highest BCUT2D eigenvalue weighted by atomic mass is 32.1. The lowest BCUT2D eigenvalue weighted by molar-refractivity contribution is 0.122. The van der Waals surface area contributed by atoms with E-state index >= 15 is 4.39 Å². The zero-order valence-electron chi connectivity index (χ0n) is 21.5. The number of rotatable bonds is 5. The summed E-state index contributed by atoms with van der Waals surface area (Å²) in [5.74, 6) is -0.309. The molecule has 2 aromatic carbocycles. The van der Waals surface area contributed by atoms with Crippen molar-refractivity contribution in [1.82, 2.24) is 14.9 Å². The molecule has 38 heavy (non-hydrogen) atoms. The van der Waals surface area contributed by atoms with Crippen molar-refractivity contribution < 1.29 is 9.13 Å². The van der Waals surface area contributed by atoms with E-state index in [4.69, 9.17) is 17.0 Å². The number of anilines is 2. The quantitative estimate of drug-likeness (QED) is 0.339. The van der Waals surface area contributed by atoms with Gasteiger partial charge >= 0.3 is 0 Å². The first kappa shape index (κ1) is 24.6. The molecule has 0 radical (unpaired) electrons. The number of morpholine rings is 1. The van der Waals surface area contributed by atoms with Crippen LogP contribution in [0.4, 0.5) is 15.8 Å². The lowest BCUT2D eigenvalue weighted by atomic mass is 9.96. The number of ether oxygens (including phenoxy) is 1. The van der Waals surface area contributed by atoms with Crippen molar-refractivity contribution in [1.29, 1.82) is 0 Å². The molecule has 0 aliphatic carbocycles. The van der Waals surface area contributed by atoms with Crippen LogP contribution in [-0.2, 0) is 4.74 Å². The number of nitrogens with one attached hydrogen (secondary N) is 1. The Kier molecular flexibility index (Phi) is 6.59. The average molecular weight is 528 g/mol. The second-order valence-electron chi connectivity index (χ2n) is 9.73. The number of hydrogen-bond donors (Lipinski definition) is 1. The van der Waals surface area contributed by atoms with Crippen LogP contribution in [0.5, 0.6) is 0 Å². The Morgan fingerprint density at radius 1 is 0.947 bits per heavy atom. The van der Waals surface area contributed by atoms with E-state index in [0.717, 1.165) is 54.6 Å². The molecule has 0 spiro atoms. The maximum absolute atomic E-state index is 15.1. The largest absolute Gasteiger partial charge is 0.378 e. The third-order valence-electron chi connectivity index (χ3n) is 7.48. The lowest BCUT2D eigenvalue weighted by Crippen LogP contribution is -2.36. The molecule has 6 rings (SSSR count). The smallest absolute Gasteiger partial charge is 0.174 e. The first-order valence-corrected chi connectivity index (χ1v) is 13.3. The minimum absolute atomic E-state index is 0.235. The Balaban J connectivity index is 1.43. The van der Waals surface area contributed by atoms with Gasteiger partial charge in [-0.2, -0.15) is 0 Å². The number of aromatic nitrogens is 2. The van der Waals surface area contributed by atoms with Gasteiger partial charge in [0.05, 0.1) is 36.7 Å². The Morgan fingerprint density at radius 3 is 2.37 bits per heavy atom. The number of hydrogen-bond acceptors (Lipinski definition) is 4. The van der Waals surface area contributed by atoms with Crippen LogP contribution in [0.2, 0.25) is 0 Å². The predicted molar refractivity (Wildman–Crippen MR) is 153 cm³/mol. The van der Waals surface area contributed by atoms with Crippen molar-refractivity contribution in [3.05, 3.63) is 107 Å². The fourth-order valence-corrected chi connectivity index (χ4v) is 6.03. The Labute approximate surface area is 227 Å². The van der Waals surface area contributed by atoms with Gasteiger partial charge in [-0.1, -0.05) is 18.2 Å². The Hall–Kier alpha value is -3.75. The first-order valence-electron chi connectivity index (χ1n) is 12.9. The van der Waals surface area contributed by atoms with E-state index in [1.807, 2.05) is 29.2 Å². The summed E-state index contributed by atoms with van der Waals surface area (Å²) in [5, 5.41) is 3.92. The minimum atomic E-state index is -0.309. The second kappa shape index (κ2) is 10.2. The molecule has 6 nitrogen and oxygen atoms in total. The number of nitrogens with zero attached hydrogens (tertiary/aromatic N) is 4. The van der Waals surface area contributed by atoms with Crippen LogP contribution < -0.4 is 15.1 Å². The molecule has 0 unspecified atom stereocenters. The summed E-state index contributed by atoms with van der Waals surface area (Å²) in [6.07, 6.45) is 1.78. The maximum atomic E-state index is 15.1. The number of aryl methyl sites for hydroxylation is 1. The van der Waals surface area contributed by atoms with Crippen molar-refractivity contribution in [3.8, 4) is 5.69 Å². The van der Waals surface area contributed by atoms with Gasteiger partial charge in [0.2, 0.25) is 0 Å². The summed E-state index contributed by atoms with van der Waals surface area (Å²) in [5.41, 5.74) is 6.86. The van der Waals surface area contributed by atoms with Crippen LogP contribution in [0.15, 0.2) is 79.0 Å². The standard InChI is InChI=1S/C30H30FN5OS/c1-20-19-24(21(2)35(20)23-12-10-22(11-13-23)34-15-17-37-18-16-34)29-28(26-8-5-6-14-32-26)33-30(38)36(29)27-9-4-3-7-25(27)31/h3-14,19,28-29H,15-18H2,1-2H3,(H,33,38)/t28-,29+/m0/s1. The maximum Gasteiger partial charge on any atom is 0.174 e.